The van der Waals surface area contributed by atoms with Gasteiger partial charge >= 0.3 is 0 Å². The molecule has 2 heterocycles. The van der Waals surface area contributed by atoms with Crippen molar-refractivity contribution in [2.24, 2.45) is 0 Å². The van der Waals surface area contributed by atoms with Gasteiger partial charge in [0, 0.05) is 7.76 Å². The van der Waals surface area contributed by atoms with Crippen molar-refractivity contribution in [3.63, 3.8) is 0 Å². The third-order valence-electron chi connectivity index (χ3n) is 4.91. The fourth-order valence-corrected chi connectivity index (χ4v) is 5.77. The van der Waals surface area contributed by atoms with Gasteiger partial charge in [0.25, 0.3) is 8.01 Å². The van der Waals surface area contributed by atoms with Gasteiger partial charge in [0.15, 0.2) is 17.7 Å². The lowest BCUT2D eigenvalue weighted by atomic mass is 10.0. The van der Waals surface area contributed by atoms with Gasteiger partial charge in [-0.15, -0.1) is 5.54 Å². The largest absolute Gasteiger partial charge is 0.442 e. The Morgan fingerprint density at radius 2 is 1.91 bits per heavy atom. The molecule has 2 aliphatic heterocycles. The lowest BCUT2D eigenvalue weighted by Gasteiger charge is -2.28. The summed E-state index contributed by atoms with van der Waals surface area (Å²) in [5, 5.41) is 0. The van der Waals surface area contributed by atoms with E-state index in [1.807, 2.05) is 13.8 Å². The van der Waals surface area contributed by atoms with Crippen molar-refractivity contribution >= 4 is 16.1 Å². The molecule has 0 saturated carbocycles. The van der Waals surface area contributed by atoms with Crippen molar-refractivity contribution in [3.05, 3.63) is 0 Å². The maximum absolute atomic E-state index is 7.13. The van der Waals surface area contributed by atoms with Crippen LogP contribution >= 0.6 is 0 Å². The molecule has 0 aromatic rings. The molecular formula is C16H28BO4Si. The molecule has 0 bridgehead atoms. The molecule has 1 unspecified atom stereocenters. The second kappa shape index (κ2) is 6.66. The van der Waals surface area contributed by atoms with Crippen LogP contribution < -0.4 is 0 Å². The molecule has 2 fully saturated rings. The van der Waals surface area contributed by atoms with Crippen LogP contribution in [0.2, 0.25) is 18.1 Å². The Hall–Kier alpha value is -0.318. The zero-order valence-corrected chi connectivity index (χ0v) is 15.4. The van der Waals surface area contributed by atoms with Crippen LogP contribution in [0, 0.1) is 11.5 Å². The number of ether oxygens (including phenoxy) is 3. The van der Waals surface area contributed by atoms with Crippen LogP contribution in [0.4, 0.5) is 0 Å². The Balaban J connectivity index is 2.20. The average Bonchev–Trinajstić information content (AvgIpc) is 2.97. The lowest BCUT2D eigenvalue weighted by Crippen LogP contribution is -2.38. The summed E-state index contributed by atoms with van der Waals surface area (Å²) in [6.07, 6.45) is 0.0768. The van der Waals surface area contributed by atoms with E-state index in [0.717, 1.165) is 26.1 Å². The first-order valence-electron chi connectivity index (χ1n) is 8.80. The molecule has 6 heteroatoms. The number of hydrogen-bond acceptors (Lipinski definition) is 4. The molecule has 123 valence electrons. The van der Waals surface area contributed by atoms with Crippen LogP contribution in [-0.2, 0) is 18.9 Å². The fraction of sp³-hybridized carbons (Fsp3) is 0.875. The van der Waals surface area contributed by atoms with Gasteiger partial charge in [0.1, 0.15) is 14.2 Å². The van der Waals surface area contributed by atoms with Crippen LogP contribution in [-0.4, -0.2) is 47.8 Å². The van der Waals surface area contributed by atoms with E-state index >= 15 is 0 Å². The molecule has 3 atom stereocenters. The van der Waals surface area contributed by atoms with Gasteiger partial charge in [-0.1, -0.05) is 26.7 Å². The second-order valence-electron chi connectivity index (χ2n) is 6.76. The lowest BCUT2D eigenvalue weighted by molar-refractivity contribution is -0.218. The first kappa shape index (κ1) is 16.5. The van der Waals surface area contributed by atoms with E-state index in [-0.39, 0.29) is 12.7 Å². The van der Waals surface area contributed by atoms with Gasteiger partial charge in [0.05, 0.1) is 6.61 Å². The molecule has 0 amide bonds. The first-order chi connectivity index (χ1) is 10.8. The highest BCUT2D eigenvalue weighted by Gasteiger charge is 2.54. The van der Waals surface area contributed by atoms with Gasteiger partial charge in [-0.05, 0) is 32.0 Å². The summed E-state index contributed by atoms with van der Waals surface area (Å²) in [7, 11) is -0.630. The summed E-state index contributed by atoms with van der Waals surface area (Å²) in [6, 6.07) is 3.42. The van der Waals surface area contributed by atoms with Crippen LogP contribution in [0.5, 0.6) is 0 Å². The molecular weight excluding hydrogens is 295 g/mol. The monoisotopic (exact) mass is 325 g/mol. The maximum atomic E-state index is 7.13. The highest BCUT2D eigenvalue weighted by atomic mass is 28.3. The highest BCUT2D eigenvalue weighted by molar-refractivity contribution is 6.87. The van der Waals surface area contributed by atoms with Crippen LogP contribution in [0.1, 0.15) is 41.0 Å². The smallest absolute Gasteiger partial charge is 0.271 e. The Bertz CT molecular complexity index is 448. The topological polar surface area (TPSA) is 36.9 Å². The fourth-order valence-electron chi connectivity index (χ4n) is 3.24. The van der Waals surface area contributed by atoms with E-state index < -0.39 is 25.8 Å². The molecule has 0 N–H and O–H groups in total. The molecule has 2 rings (SSSR count). The van der Waals surface area contributed by atoms with E-state index in [2.05, 4.69) is 32.2 Å². The highest BCUT2D eigenvalue weighted by Crippen LogP contribution is 2.42. The van der Waals surface area contributed by atoms with Crippen molar-refractivity contribution < 1.29 is 18.9 Å². The van der Waals surface area contributed by atoms with E-state index in [1.165, 1.54) is 0 Å². The van der Waals surface area contributed by atoms with Gasteiger partial charge in [-0.25, -0.2) is 0 Å². The van der Waals surface area contributed by atoms with Crippen LogP contribution in [0.15, 0.2) is 0 Å². The minimum Gasteiger partial charge on any atom is -0.442 e. The minimum absolute atomic E-state index is 0.130. The van der Waals surface area contributed by atoms with Gasteiger partial charge in [-0.2, -0.15) is 0 Å². The maximum Gasteiger partial charge on any atom is 0.271 e. The summed E-state index contributed by atoms with van der Waals surface area (Å²) >= 11 is 0. The Kier molecular flexibility index (Phi) is 5.01. The quantitative estimate of drug-likeness (QED) is 0.555. The predicted octanol–water partition coefficient (Wildman–Crippen LogP) is 2.51. The Labute approximate surface area is 138 Å². The molecule has 0 aromatic heterocycles. The van der Waals surface area contributed by atoms with E-state index in [4.69, 9.17) is 20.2 Å². The zero-order chi connectivity index (χ0) is 17.1. The van der Waals surface area contributed by atoms with E-state index in [1.54, 1.807) is 0 Å². The van der Waals surface area contributed by atoms with Gasteiger partial charge in [0.2, 0.25) is 0 Å². The Morgan fingerprint density at radius 1 is 1.23 bits per heavy atom. The third-order valence-corrected chi connectivity index (χ3v) is 9.63. The molecule has 0 aromatic carbocycles. The molecule has 1 radical (unpaired) electrons. The number of fused-ring (bicyclic) bond motifs is 1. The van der Waals surface area contributed by atoms with Crippen molar-refractivity contribution in [3.8, 4) is 11.5 Å². The first-order valence-corrected chi connectivity index (χ1v) is 10.8. The van der Waals surface area contributed by atoms with Crippen molar-refractivity contribution in [1.82, 2.24) is 0 Å². The van der Waals surface area contributed by atoms with Gasteiger partial charge < -0.3 is 18.9 Å². The third kappa shape index (κ3) is 3.60. The molecule has 4 nitrogen and oxygen atoms in total. The minimum atomic E-state index is -1.57. The molecule has 2 aliphatic rings. The Morgan fingerprint density at radius 3 is 2.45 bits per heavy atom. The average molecular weight is 325 g/mol. The van der Waals surface area contributed by atoms with Crippen molar-refractivity contribution in [1.29, 1.82) is 1.34 Å². The molecule has 0 aliphatic carbocycles. The summed E-state index contributed by atoms with van der Waals surface area (Å²) in [5.74, 6) is 2.76. The number of hydrogen-bond donors (Lipinski definition) is 0. The standard InChI is InChI=1S/C16H28BO4Si/c1-6-22(7-2,8-3)10-9-16(12-18-17)11-13-14(21-16)20-15(4,5)19-13/h13-14,17H,6-8,11-12H2,1-5H3/t13?,14-,16+/m1/s1/i17T. The second-order valence-corrected chi connectivity index (χ2v) is 11.7. The molecule has 2 saturated heterocycles. The van der Waals surface area contributed by atoms with Gasteiger partial charge in [-0.3, -0.25) is 0 Å². The number of rotatable bonds is 6. The summed E-state index contributed by atoms with van der Waals surface area (Å²) < 4.78 is 30.2. The molecule has 0 spiro atoms. The predicted molar refractivity (Wildman–Crippen MR) is 90.3 cm³/mol. The van der Waals surface area contributed by atoms with E-state index in [0.29, 0.717) is 6.42 Å². The molecule has 22 heavy (non-hydrogen) atoms. The van der Waals surface area contributed by atoms with E-state index in [9.17, 15) is 0 Å². The van der Waals surface area contributed by atoms with Crippen molar-refractivity contribution in [2.45, 2.75) is 83.0 Å². The zero-order valence-electron chi connectivity index (χ0n) is 15.4. The summed E-state index contributed by atoms with van der Waals surface area (Å²) in [4.78, 5) is 0. The normalized spacial score (nSPS) is 33.8. The van der Waals surface area contributed by atoms with Crippen LogP contribution in [0.25, 0.3) is 0 Å². The summed E-state index contributed by atoms with van der Waals surface area (Å²) in [5.41, 5.74) is 2.85. The SMILES string of the molecule is [3H][B]OC[C@]1(C#C[Si](CC)(CC)CC)CC2OC(C)(C)O[C@@H]2O1. The van der Waals surface area contributed by atoms with Crippen molar-refractivity contribution in [2.75, 3.05) is 6.61 Å². The van der Waals surface area contributed by atoms with Crippen LogP contribution in [0.3, 0.4) is 0 Å². The summed E-state index contributed by atoms with van der Waals surface area (Å²) in [6.45, 7) is 10.7.